The van der Waals surface area contributed by atoms with Crippen molar-refractivity contribution in [3.05, 3.63) is 80.7 Å². The van der Waals surface area contributed by atoms with Crippen molar-refractivity contribution in [1.29, 1.82) is 0 Å². The number of benzene rings is 2. The molecule has 0 spiro atoms. The van der Waals surface area contributed by atoms with E-state index in [4.69, 9.17) is 21.4 Å². The van der Waals surface area contributed by atoms with Gasteiger partial charge in [0.25, 0.3) is 0 Å². The Morgan fingerprint density at radius 2 is 1.75 bits per heavy atom. The molecule has 0 bridgehead atoms. The van der Waals surface area contributed by atoms with Gasteiger partial charge in [0.2, 0.25) is 12.3 Å². The number of ether oxygens (including phenoxy) is 1. The van der Waals surface area contributed by atoms with Gasteiger partial charge in [-0.3, -0.25) is 14.4 Å². The van der Waals surface area contributed by atoms with Crippen LogP contribution in [0.1, 0.15) is 102 Å². The van der Waals surface area contributed by atoms with Crippen LogP contribution in [0.2, 0.25) is 5.02 Å². The molecule has 0 aromatic heterocycles. The van der Waals surface area contributed by atoms with Crippen LogP contribution in [-0.2, 0) is 14.4 Å². The first-order valence-electron chi connectivity index (χ1n) is 17.7. The summed E-state index contributed by atoms with van der Waals surface area (Å²) in [5, 5.41) is 11.1. The largest absolute Gasteiger partial charge is 0.496 e. The normalized spacial score (nSPS) is 15.4. The average Bonchev–Trinajstić information content (AvgIpc) is 3.35. The zero-order valence-corrected chi connectivity index (χ0v) is 32.9. The van der Waals surface area contributed by atoms with Gasteiger partial charge >= 0.3 is 12.1 Å². The van der Waals surface area contributed by atoms with Crippen LogP contribution in [-0.4, -0.2) is 67.0 Å². The molecule has 52 heavy (non-hydrogen) atoms. The number of nitrogens with one attached hydrogen (secondary N) is 1. The zero-order chi connectivity index (χ0) is 39.0. The number of carboxylic acid groups (broad SMARTS) is 1. The van der Waals surface area contributed by atoms with Gasteiger partial charge in [0, 0.05) is 29.6 Å². The quantitative estimate of drug-likeness (QED) is 0.208. The lowest BCUT2D eigenvalue weighted by molar-refractivity contribution is -0.138. The Hall–Kier alpha value is -3.64. The number of carboxylic acids is 1. The number of aliphatic carboxylic acids is 1. The number of nitrogens with zero attached hydrogens (tertiary/aromatic N) is 2. The van der Waals surface area contributed by atoms with E-state index in [9.17, 15) is 27.6 Å². The van der Waals surface area contributed by atoms with Crippen molar-refractivity contribution in [2.24, 2.45) is 0 Å². The van der Waals surface area contributed by atoms with E-state index in [1.165, 1.54) is 22.6 Å². The number of halogens is 4. The van der Waals surface area contributed by atoms with Gasteiger partial charge in [0.15, 0.2) is 0 Å². The number of hydrogen-bond acceptors (Lipinski definition) is 6. The molecular formula is C39H53ClF3N3O5S. The third-order valence-electron chi connectivity index (χ3n) is 8.81. The van der Waals surface area contributed by atoms with Gasteiger partial charge in [-0.05, 0) is 91.6 Å². The second kappa shape index (κ2) is 21.8. The SMILES string of the molecule is CCC1=C2CS[C@H](c3cccc(OC)c3C)c3cc(Cl)ccc3N2C(C(F)(F)F)=C(C)CC1.CCCC.CCCN(CCC(=O)O)C(=O)CNC=O. The van der Waals surface area contributed by atoms with Crippen LogP contribution in [0.4, 0.5) is 18.9 Å². The number of carbonyl (C=O) groups is 3. The highest BCUT2D eigenvalue weighted by Crippen LogP contribution is 2.52. The Bertz CT molecular complexity index is 1580. The van der Waals surface area contributed by atoms with E-state index in [1.807, 2.05) is 45.0 Å². The maximum atomic E-state index is 14.5. The van der Waals surface area contributed by atoms with E-state index in [0.717, 1.165) is 46.6 Å². The van der Waals surface area contributed by atoms with Gasteiger partial charge in [-0.1, -0.05) is 64.3 Å². The predicted octanol–water partition coefficient (Wildman–Crippen LogP) is 9.85. The second-order valence-corrected chi connectivity index (χ2v) is 14.0. The van der Waals surface area contributed by atoms with Crippen molar-refractivity contribution in [3.63, 3.8) is 0 Å². The molecule has 288 valence electrons. The number of allylic oxidation sites excluding steroid dienone is 3. The van der Waals surface area contributed by atoms with Gasteiger partial charge < -0.3 is 25.0 Å². The molecule has 2 amide bonds. The van der Waals surface area contributed by atoms with Crippen LogP contribution in [0, 0.1) is 6.92 Å². The summed E-state index contributed by atoms with van der Waals surface area (Å²) in [6.07, 6.45) is 1.06. The topological polar surface area (TPSA) is 99.2 Å². The molecule has 0 saturated heterocycles. The predicted molar refractivity (Wildman–Crippen MR) is 205 cm³/mol. The molecule has 2 aromatic carbocycles. The van der Waals surface area contributed by atoms with E-state index in [2.05, 4.69) is 19.2 Å². The van der Waals surface area contributed by atoms with E-state index < -0.39 is 17.8 Å². The molecule has 13 heteroatoms. The van der Waals surface area contributed by atoms with Gasteiger partial charge in [-0.25, -0.2) is 0 Å². The van der Waals surface area contributed by atoms with Crippen molar-refractivity contribution in [2.75, 3.05) is 37.4 Å². The molecule has 2 N–H and O–H groups in total. The van der Waals surface area contributed by atoms with Gasteiger partial charge in [-0.2, -0.15) is 13.2 Å². The first kappa shape index (κ1) is 44.5. The third kappa shape index (κ3) is 12.2. The number of unbranched alkanes of at least 4 members (excludes halogenated alkanes) is 1. The van der Waals surface area contributed by atoms with Crippen molar-refractivity contribution in [3.8, 4) is 5.75 Å². The molecular weight excluding hydrogens is 715 g/mol. The lowest BCUT2D eigenvalue weighted by Gasteiger charge is -2.32. The van der Waals surface area contributed by atoms with Crippen LogP contribution in [0.3, 0.4) is 0 Å². The van der Waals surface area contributed by atoms with E-state index in [0.29, 0.717) is 47.8 Å². The first-order chi connectivity index (χ1) is 24.7. The second-order valence-electron chi connectivity index (χ2n) is 12.5. The van der Waals surface area contributed by atoms with Crippen LogP contribution in [0.25, 0.3) is 0 Å². The highest BCUT2D eigenvalue weighted by Gasteiger charge is 2.44. The minimum atomic E-state index is -4.47. The number of carbonyl (C=O) groups excluding carboxylic acids is 2. The van der Waals surface area contributed by atoms with Gasteiger partial charge in [0.1, 0.15) is 11.4 Å². The molecule has 2 aliphatic rings. The lowest BCUT2D eigenvalue weighted by atomic mass is 9.97. The number of thioether (sulfide) groups is 1. The van der Waals surface area contributed by atoms with Gasteiger partial charge in [-0.15, -0.1) is 11.8 Å². The Morgan fingerprint density at radius 1 is 1.06 bits per heavy atom. The Labute approximate surface area is 315 Å². The number of methoxy groups -OCH3 is 1. The maximum absolute atomic E-state index is 14.5. The van der Waals surface area contributed by atoms with Crippen molar-refractivity contribution < 1.29 is 37.4 Å². The molecule has 8 nitrogen and oxygen atoms in total. The Kier molecular flexibility index (Phi) is 18.6. The average molecular weight is 768 g/mol. The van der Waals surface area contributed by atoms with Gasteiger partial charge in [0.05, 0.1) is 31.0 Å². The molecule has 0 unspecified atom stereocenters. The number of anilines is 1. The summed E-state index contributed by atoms with van der Waals surface area (Å²) in [4.78, 5) is 34.6. The fraction of sp³-hybridized carbons (Fsp3) is 0.513. The summed E-state index contributed by atoms with van der Waals surface area (Å²) in [5.74, 6) is 0.0389. The summed E-state index contributed by atoms with van der Waals surface area (Å²) in [6.45, 7) is 12.5. The molecule has 0 radical (unpaired) electrons. The highest BCUT2D eigenvalue weighted by atomic mass is 35.5. The number of hydrogen-bond donors (Lipinski definition) is 2. The monoisotopic (exact) mass is 767 g/mol. The van der Waals surface area contributed by atoms with Crippen molar-refractivity contribution >= 4 is 47.3 Å². The fourth-order valence-electron chi connectivity index (χ4n) is 5.95. The standard InChI is InChI=1S/C26H27ClF3NOS.C9H16N2O4.C4H10/c1-5-17-10-9-15(2)25(26(28,29)30)31-21-12-11-18(27)13-20(21)24(33-14-22(17)31)19-7-6-8-23(32-4)16(19)3;1-2-4-11(5-3-9(14)15)8(13)6-10-7-12;1-3-4-2/h6-8,11-13,24H,5,9-10,14H2,1-4H3;7H,2-6H2,1H3,(H,10,12)(H,14,15);3-4H2,1-2H3/t24-;;/m1../s1. The fourth-order valence-corrected chi connectivity index (χ4v) is 7.60. The number of alkyl halides is 3. The first-order valence-corrected chi connectivity index (χ1v) is 19.1. The highest BCUT2D eigenvalue weighted by molar-refractivity contribution is 7.99. The molecule has 1 atom stereocenters. The number of rotatable bonds is 12. The Balaban J connectivity index is 0.000000413. The molecule has 4 rings (SSSR count). The zero-order valence-electron chi connectivity index (χ0n) is 31.3. The molecule has 2 aromatic rings. The molecule has 2 aliphatic heterocycles. The smallest absolute Gasteiger partial charge is 0.431 e. The summed E-state index contributed by atoms with van der Waals surface area (Å²) in [7, 11) is 1.63. The van der Waals surface area contributed by atoms with Crippen LogP contribution < -0.4 is 15.0 Å². The van der Waals surface area contributed by atoms with E-state index >= 15 is 0 Å². The van der Waals surface area contributed by atoms with Crippen LogP contribution in [0.15, 0.2) is 58.9 Å². The van der Waals surface area contributed by atoms with Crippen LogP contribution >= 0.6 is 23.4 Å². The molecule has 0 saturated carbocycles. The summed E-state index contributed by atoms with van der Waals surface area (Å²) in [6, 6.07) is 11.1. The van der Waals surface area contributed by atoms with Crippen molar-refractivity contribution in [2.45, 2.75) is 97.9 Å². The van der Waals surface area contributed by atoms with Crippen LogP contribution in [0.5, 0.6) is 5.75 Å². The summed E-state index contributed by atoms with van der Waals surface area (Å²) in [5.41, 5.74) is 4.96. The van der Waals surface area contributed by atoms with E-state index in [1.54, 1.807) is 37.9 Å². The minimum Gasteiger partial charge on any atom is -0.496 e. The summed E-state index contributed by atoms with van der Waals surface area (Å²) >= 11 is 8.05. The lowest BCUT2D eigenvalue weighted by Crippen LogP contribution is -2.39. The van der Waals surface area contributed by atoms with Crippen molar-refractivity contribution in [1.82, 2.24) is 10.2 Å². The molecule has 2 heterocycles. The van der Waals surface area contributed by atoms with E-state index in [-0.39, 0.29) is 30.7 Å². The Morgan fingerprint density at radius 3 is 2.31 bits per heavy atom. The number of amides is 2. The minimum absolute atomic E-state index is 0.0766. The maximum Gasteiger partial charge on any atom is 0.431 e. The number of fused-ring (bicyclic) bond motifs is 3. The molecule has 0 fully saturated rings. The third-order valence-corrected chi connectivity index (χ3v) is 10.3. The summed E-state index contributed by atoms with van der Waals surface area (Å²) < 4.78 is 49.0. The molecule has 0 aliphatic carbocycles.